The summed E-state index contributed by atoms with van der Waals surface area (Å²) >= 11 is 0. The van der Waals surface area contributed by atoms with Crippen LogP contribution in [-0.4, -0.2) is 53.5 Å². The summed E-state index contributed by atoms with van der Waals surface area (Å²) < 4.78 is 52.7. The van der Waals surface area contributed by atoms with Gasteiger partial charge in [0.05, 0.1) is 11.2 Å². The van der Waals surface area contributed by atoms with Gasteiger partial charge in [0.2, 0.25) is 26.0 Å². The van der Waals surface area contributed by atoms with Crippen LogP contribution in [0.4, 0.5) is 5.69 Å². The number of hydrogen-bond acceptors (Lipinski definition) is 5. The smallest absolute Gasteiger partial charge is 0.246 e. The molecule has 1 saturated heterocycles. The van der Waals surface area contributed by atoms with Crippen LogP contribution < -0.4 is 9.44 Å². The lowest BCUT2D eigenvalue weighted by Crippen LogP contribution is -2.43. The first-order valence-corrected chi connectivity index (χ1v) is 14.0. The van der Waals surface area contributed by atoms with Gasteiger partial charge in [0.15, 0.2) is 0 Å². The molecular formula is C23H29N3O5S2. The molecule has 3 rings (SSSR count). The zero-order chi connectivity index (χ0) is 24.1. The van der Waals surface area contributed by atoms with Crippen molar-refractivity contribution in [1.82, 2.24) is 9.62 Å². The van der Waals surface area contributed by atoms with Crippen molar-refractivity contribution in [3.8, 4) is 0 Å². The van der Waals surface area contributed by atoms with Gasteiger partial charge < -0.3 is 4.90 Å². The lowest BCUT2D eigenvalue weighted by Gasteiger charge is -2.32. The highest BCUT2D eigenvalue weighted by Crippen LogP contribution is 2.18. The van der Waals surface area contributed by atoms with Gasteiger partial charge in [0, 0.05) is 31.4 Å². The fourth-order valence-electron chi connectivity index (χ4n) is 3.61. The van der Waals surface area contributed by atoms with Crippen LogP contribution >= 0.6 is 0 Å². The SMILES string of the molecule is Cc1ccc(S(=O)(=O)NCC2CCCN(C(=O)C=Cc3ccc(NS(C)(=O)=O)cc3)C2)cc1. The summed E-state index contributed by atoms with van der Waals surface area (Å²) in [5, 5.41) is 0. The largest absolute Gasteiger partial charge is 0.339 e. The Kier molecular flexibility index (Phi) is 7.93. The van der Waals surface area contributed by atoms with Crippen LogP contribution in [0.5, 0.6) is 0 Å². The van der Waals surface area contributed by atoms with Crippen LogP contribution in [0.25, 0.3) is 6.08 Å². The number of aryl methyl sites for hydroxylation is 1. The summed E-state index contributed by atoms with van der Waals surface area (Å²) in [7, 11) is -6.92. The molecule has 2 N–H and O–H groups in total. The molecule has 10 heteroatoms. The number of rotatable bonds is 8. The monoisotopic (exact) mass is 491 g/mol. The number of anilines is 1. The van der Waals surface area contributed by atoms with Gasteiger partial charge in [0.25, 0.3) is 0 Å². The summed E-state index contributed by atoms with van der Waals surface area (Å²) in [4.78, 5) is 14.6. The van der Waals surface area contributed by atoms with Crippen molar-refractivity contribution < 1.29 is 21.6 Å². The van der Waals surface area contributed by atoms with E-state index in [1.165, 1.54) is 6.08 Å². The molecular weight excluding hydrogens is 462 g/mol. The van der Waals surface area contributed by atoms with E-state index in [1.807, 2.05) is 6.92 Å². The Morgan fingerprint density at radius 2 is 1.73 bits per heavy atom. The predicted octanol–water partition coefficient (Wildman–Crippen LogP) is 2.60. The Morgan fingerprint density at radius 1 is 1.06 bits per heavy atom. The standard InChI is InChI=1S/C23H29N3O5S2/c1-18-5-12-22(13-6-18)33(30,31)24-16-20-4-3-15-26(17-20)23(27)14-9-19-7-10-21(11-8-19)25-32(2,28)29/h5-14,20,24-25H,3-4,15-17H2,1-2H3. The molecule has 1 amide bonds. The fraction of sp³-hybridized carbons (Fsp3) is 0.348. The first-order valence-electron chi connectivity index (χ1n) is 10.6. The van der Waals surface area contributed by atoms with Gasteiger partial charge in [-0.25, -0.2) is 21.6 Å². The molecule has 1 heterocycles. The van der Waals surface area contributed by atoms with Crippen LogP contribution in [0, 0.1) is 12.8 Å². The second kappa shape index (κ2) is 10.5. The van der Waals surface area contributed by atoms with E-state index in [0.29, 0.717) is 18.8 Å². The molecule has 0 bridgehead atoms. The number of nitrogens with zero attached hydrogens (tertiary/aromatic N) is 1. The molecule has 8 nitrogen and oxygen atoms in total. The van der Waals surface area contributed by atoms with Crippen molar-refractivity contribution in [2.24, 2.45) is 5.92 Å². The molecule has 0 radical (unpaired) electrons. The second-order valence-electron chi connectivity index (χ2n) is 8.29. The summed E-state index contributed by atoms with van der Waals surface area (Å²) in [6.45, 7) is 3.29. The highest BCUT2D eigenvalue weighted by atomic mass is 32.2. The number of benzene rings is 2. The highest BCUT2D eigenvalue weighted by Gasteiger charge is 2.24. The topological polar surface area (TPSA) is 113 Å². The molecule has 1 fully saturated rings. The Bertz CT molecular complexity index is 1210. The average Bonchev–Trinajstić information content (AvgIpc) is 2.76. The van der Waals surface area contributed by atoms with Crippen LogP contribution in [0.3, 0.4) is 0 Å². The van der Waals surface area contributed by atoms with Crippen LogP contribution in [-0.2, 0) is 24.8 Å². The number of sulfonamides is 2. The molecule has 1 aliphatic heterocycles. The Labute approximate surface area is 195 Å². The van der Waals surface area contributed by atoms with E-state index in [1.54, 1.807) is 59.5 Å². The lowest BCUT2D eigenvalue weighted by atomic mass is 9.98. The fourth-order valence-corrected chi connectivity index (χ4v) is 5.29. The van der Waals surface area contributed by atoms with E-state index >= 15 is 0 Å². The van der Waals surface area contributed by atoms with Crippen LogP contribution in [0.15, 0.2) is 59.5 Å². The van der Waals surface area contributed by atoms with Crippen molar-refractivity contribution in [3.63, 3.8) is 0 Å². The third-order valence-electron chi connectivity index (χ3n) is 5.36. The van der Waals surface area contributed by atoms with Crippen LogP contribution in [0.2, 0.25) is 0 Å². The minimum absolute atomic E-state index is 0.0395. The minimum atomic E-state index is -3.59. The van der Waals surface area contributed by atoms with Crippen molar-refractivity contribution in [2.75, 3.05) is 30.6 Å². The van der Waals surface area contributed by atoms with E-state index in [2.05, 4.69) is 9.44 Å². The Balaban J connectivity index is 1.54. The maximum Gasteiger partial charge on any atom is 0.246 e. The van der Waals surface area contributed by atoms with Crippen LogP contribution in [0.1, 0.15) is 24.0 Å². The normalized spacial score (nSPS) is 17.3. The molecule has 1 aliphatic rings. The number of carbonyl (C=O) groups is 1. The van der Waals surface area contributed by atoms with Crippen molar-refractivity contribution >= 4 is 37.7 Å². The van der Waals surface area contributed by atoms with Gasteiger partial charge >= 0.3 is 0 Å². The number of amides is 1. The van der Waals surface area contributed by atoms with Gasteiger partial charge in [-0.3, -0.25) is 9.52 Å². The number of hydrogen-bond donors (Lipinski definition) is 2. The summed E-state index contributed by atoms with van der Waals surface area (Å²) in [6.07, 6.45) is 5.90. The predicted molar refractivity (Wildman–Crippen MR) is 130 cm³/mol. The average molecular weight is 492 g/mol. The quantitative estimate of drug-likeness (QED) is 0.551. The first kappa shape index (κ1) is 24.9. The van der Waals surface area contributed by atoms with Crippen molar-refractivity contribution in [3.05, 3.63) is 65.7 Å². The summed E-state index contributed by atoms with van der Waals surface area (Å²) in [5.74, 6) is -0.0999. The van der Waals surface area contributed by atoms with E-state index in [-0.39, 0.29) is 23.3 Å². The van der Waals surface area contributed by atoms with E-state index in [9.17, 15) is 21.6 Å². The molecule has 178 valence electrons. The summed E-state index contributed by atoms with van der Waals surface area (Å²) in [5.41, 5.74) is 2.21. The molecule has 0 spiro atoms. The molecule has 0 aliphatic carbocycles. The minimum Gasteiger partial charge on any atom is -0.339 e. The van der Waals surface area contributed by atoms with Gasteiger partial charge in [0.1, 0.15) is 0 Å². The molecule has 1 atom stereocenters. The molecule has 0 saturated carbocycles. The molecule has 1 unspecified atom stereocenters. The highest BCUT2D eigenvalue weighted by molar-refractivity contribution is 7.92. The third kappa shape index (κ3) is 7.69. The molecule has 33 heavy (non-hydrogen) atoms. The number of piperidine rings is 1. The van der Waals surface area contributed by atoms with Gasteiger partial charge in [-0.05, 0) is 61.6 Å². The van der Waals surface area contributed by atoms with Gasteiger partial charge in [-0.15, -0.1) is 0 Å². The Hall–Kier alpha value is -2.69. The van der Waals surface area contributed by atoms with Gasteiger partial charge in [-0.2, -0.15) is 0 Å². The molecule has 2 aromatic rings. The van der Waals surface area contributed by atoms with Gasteiger partial charge in [-0.1, -0.05) is 29.8 Å². The Morgan fingerprint density at radius 3 is 2.36 bits per heavy atom. The third-order valence-corrected chi connectivity index (χ3v) is 7.40. The van der Waals surface area contributed by atoms with E-state index in [0.717, 1.165) is 30.2 Å². The maximum atomic E-state index is 12.6. The van der Waals surface area contributed by atoms with Crippen molar-refractivity contribution in [2.45, 2.75) is 24.7 Å². The summed E-state index contributed by atoms with van der Waals surface area (Å²) in [6, 6.07) is 13.4. The first-order chi connectivity index (χ1) is 15.5. The van der Waals surface area contributed by atoms with Crippen molar-refractivity contribution in [1.29, 1.82) is 0 Å². The molecule has 2 aromatic carbocycles. The maximum absolute atomic E-state index is 12.6. The van der Waals surface area contributed by atoms with E-state index < -0.39 is 20.0 Å². The lowest BCUT2D eigenvalue weighted by molar-refractivity contribution is -0.127. The number of likely N-dealkylation sites (tertiary alicyclic amines) is 1. The van der Waals surface area contributed by atoms with E-state index in [4.69, 9.17) is 0 Å². The number of carbonyl (C=O) groups excluding carboxylic acids is 1. The second-order valence-corrected chi connectivity index (χ2v) is 11.8. The zero-order valence-corrected chi connectivity index (χ0v) is 20.3. The molecule has 0 aromatic heterocycles. The zero-order valence-electron chi connectivity index (χ0n) is 18.7. The number of nitrogens with one attached hydrogen (secondary N) is 2.